The fourth-order valence-corrected chi connectivity index (χ4v) is 4.37. The van der Waals surface area contributed by atoms with Gasteiger partial charge in [0.05, 0.1) is 48.7 Å². The number of carbonyl (C=O) groups is 2. The van der Waals surface area contributed by atoms with E-state index in [0.717, 1.165) is 11.4 Å². The minimum Gasteiger partial charge on any atom is -0.481 e. The van der Waals surface area contributed by atoms with Gasteiger partial charge in [-0.15, -0.1) is 0 Å². The van der Waals surface area contributed by atoms with E-state index < -0.39 is 34.9 Å². The van der Waals surface area contributed by atoms with E-state index in [9.17, 15) is 19.2 Å². The summed E-state index contributed by atoms with van der Waals surface area (Å²) < 4.78 is 0. The highest BCUT2D eigenvalue weighted by Crippen LogP contribution is 2.16. The quantitative estimate of drug-likeness (QED) is 0.126. The van der Waals surface area contributed by atoms with Gasteiger partial charge in [0.25, 0.3) is 11.1 Å². The highest BCUT2D eigenvalue weighted by Gasteiger charge is 2.17. The molecule has 0 aromatic carbocycles. The van der Waals surface area contributed by atoms with Crippen molar-refractivity contribution in [1.29, 1.82) is 0 Å². The number of nitrogens with zero attached hydrogens (tertiary/aromatic N) is 6. The van der Waals surface area contributed by atoms with Gasteiger partial charge in [0, 0.05) is 11.4 Å². The minimum absolute atomic E-state index is 0.00634. The summed E-state index contributed by atoms with van der Waals surface area (Å²) in [6, 6.07) is 0. The van der Waals surface area contributed by atoms with Crippen LogP contribution in [0.2, 0.25) is 0 Å². The van der Waals surface area contributed by atoms with Crippen molar-refractivity contribution in [3.8, 4) is 0 Å². The molecule has 0 aliphatic heterocycles. The SMILES string of the molecule is Nc1nc2ncc(CNC3=CCC(C(=O)O)C=C3)nc2c(=O)[nH]1.Nc1nc2ncc(CNC3=CCC(C(=O)O)C=C3)nc2c(=O)[nH]1. The summed E-state index contributed by atoms with van der Waals surface area (Å²) in [5.41, 5.74) is 13.4. The van der Waals surface area contributed by atoms with E-state index in [1.807, 2.05) is 12.2 Å². The van der Waals surface area contributed by atoms with Gasteiger partial charge in [0.15, 0.2) is 22.3 Å². The van der Waals surface area contributed by atoms with Crippen molar-refractivity contribution in [2.24, 2.45) is 11.8 Å². The first-order valence-electron chi connectivity index (χ1n) is 13.8. The Morgan fingerprint density at radius 3 is 1.50 bits per heavy atom. The average molecular weight is 629 g/mol. The topological polar surface area (TPSA) is 294 Å². The van der Waals surface area contributed by atoms with Crippen molar-refractivity contribution >= 4 is 46.2 Å². The van der Waals surface area contributed by atoms with Gasteiger partial charge >= 0.3 is 11.9 Å². The molecule has 0 saturated heterocycles. The van der Waals surface area contributed by atoms with E-state index in [2.05, 4.69) is 50.5 Å². The molecule has 0 radical (unpaired) electrons. The Kier molecular flexibility index (Phi) is 9.06. The van der Waals surface area contributed by atoms with Crippen LogP contribution in [0.3, 0.4) is 0 Å². The Morgan fingerprint density at radius 1 is 0.739 bits per heavy atom. The first kappa shape index (κ1) is 31.0. The summed E-state index contributed by atoms with van der Waals surface area (Å²) in [5.74, 6) is -2.68. The van der Waals surface area contributed by atoms with Gasteiger partial charge < -0.3 is 32.3 Å². The highest BCUT2D eigenvalue weighted by atomic mass is 16.4. The molecule has 46 heavy (non-hydrogen) atoms. The number of allylic oxidation sites excluding steroid dienone is 4. The van der Waals surface area contributed by atoms with Crippen molar-refractivity contribution in [3.05, 3.63) is 92.3 Å². The molecule has 4 heterocycles. The molecule has 236 valence electrons. The number of carboxylic acids is 2. The zero-order chi connectivity index (χ0) is 32.8. The van der Waals surface area contributed by atoms with Gasteiger partial charge in [0.1, 0.15) is 0 Å². The van der Waals surface area contributed by atoms with Gasteiger partial charge in [-0.2, -0.15) is 9.97 Å². The summed E-state index contributed by atoms with van der Waals surface area (Å²) in [5, 5.41) is 24.1. The number of anilines is 2. The molecule has 4 aromatic heterocycles. The molecule has 2 aliphatic carbocycles. The van der Waals surface area contributed by atoms with E-state index in [-0.39, 0.29) is 34.2 Å². The number of aromatic amines is 2. The molecule has 10 N–H and O–H groups in total. The van der Waals surface area contributed by atoms with Crippen molar-refractivity contribution in [2.45, 2.75) is 25.9 Å². The molecule has 18 nitrogen and oxygen atoms in total. The van der Waals surface area contributed by atoms with Crippen molar-refractivity contribution < 1.29 is 19.8 Å². The average Bonchev–Trinajstić information content (AvgIpc) is 3.03. The molecule has 0 bridgehead atoms. The number of aromatic nitrogens is 8. The number of nitrogens with two attached hydrogens (primary N) is 2. The third-order valence-electron chi connectivity index (χ3n) is 6.75. The maximum atomic E-state index is 11.8. The highest BCUT2D eigenvalue weighted by molar-refractivity contribution is 5.73. The molecular formula is C28H28N12O6. The van der Waals surface area contributed by atoms with Crippen LogP contribution in [0.15, 0.2) is 69.8 Å². The lowest BCUT2D eigenvalue weighted by Gasteiger charge is -2.13. The van der Waals surface area contributed by atoms with E-state index >= 15 is 0 Å². The second-order valence-corrected chi connectivity index (χ2v) is 10.1. The number of carboxylic acid groups (broad SMARTS) is 2. The number of nitrogens with one attached hydrogen (secondary N) is 4. The number of hydrogen-bond donors (Lipinski definition) is 8. The molecule has 0 spiro atoms. The van der Waals surface area contributed by atoms with Crippen LogP contribution >= 0.6 is 0 Å². The lowest BCUT2D eigenvalue weighted by atomic mass is 10.00. The number of H-pyrrole nitrogens is 2. The molecule has 4 aromatic rings. The first-order valence-corrected chi connectivity index (χ1v) is 13.8. The second kappa shape index (κ2) is 13.5. The summed E-state index contributed by atoms with van der Waals surface area (Å²) in [6.45, 7) is 0.696. The molecule has 0 amide bonds. The van der Waals surface area contributed by atoms with Crippen LogP contribution in [-0.2, 0) is 22.7 Å². The molecule has 0 fully saturated rings. The van der Waals surface area contributed by atoms with Gasteiger partial charge in [-0.1, -0.05) is 24.3 Å². The Labute approximate surface area is 258 Å². The van der Waals surface area contributed by atoms with Crippen LogP contribution in [0.25, 0.3) is 22.3 Å². The van der Waals surface area contributed by atoms with E-state index in [0.29, 0.717) is 37.3 Å². The molecular weight excluding hydrogens is 600 g/mol. The fourth-order valence-electron chi connectivity index (χ4n) is 4.37. The monoisotopic (exact) mass is 628 g/mol. The Bertz CT molecular complexity index is 1920. The molecule has 2 unspecified atom stereocenters. The third kappa shape index (κ3) is 7.54. The number of rotatable bonds is 8. The van der Waals surface area contributed by atoms with Crippen LogP contribution < -0.4 is 33.2 Å². The largest absolute Gasteiger partial charge is 0.481 e. The lowest BCUT2D eigenvalue weighted by molar-refractivity contribution is -0.141. The van der Waals surface area contributed by atoms with E-state index in [1.54, 1.807) is 24.3 Å². The van der Waals surface area contributed by atoms with Crippen LogP contribution in [0.5, 0.6) is 0 Å². The number of hydrogen-bond acceptors (Lipinski definition) is 14. The van der Waals surface area contributed by atoms with Crippen molar-refractivity contribution in [2.75, 3.05) is 11.5 Å². The molecule has 2 aliphatic rings. The van der Waals surface area contributed by atoms with Gasteiger partial charge in [-0.05, 0) is 25.0 Å². The van der Waals surface area contributed by atoms with E-state index in [4.69, 9.17) is 21.7 Å². The molecule has 0 saturated carbocycles. The van der Waals surface area contributed by atoms with E-state index in [1.165, 1.54) is 12.4 Å². The maximum Gasteiger partial charge on any atom is 0.310 e. The smallest absolute Gasteiger partial charge is 0.310 e. The molecule has 18 heteroatoms. The van der Waals surface area contributed by atoms with Gasteiger partial charge in [0.2, 0.25) is 11.9 Å². The zero-order valence-electron chi connectivity index (χ0n) is 24.0. The molecule has 6 rings (SSSR count). The Hall–Kier alpha value is -6.46. The summed E-state index contributed by atoms with van der Waals surface area (Å²) in [4.78, 5) is 74.4. The molecule has 2 atom stereocenters. The zero-order valence-corrected chi connectivity index (χ0v) is 24.0. The van der Waals surface area contributed by atoms with Crippen molar-refractivity contribution in [3.63, 3.8) is 0 Å². The number of aliphatic carboxylic acids is 2. The van der Waals surface area contributed by atoms with Gasteiger partial charge in [-0.3, -0.25) is 29.1 Å². The van der Waals surface area contributed by atoms with Crippen LogP contribution in [0, 0.1) is 11.8 Å². The van der Waals surface area contributed by atoms with Gasteiger partial charge in [-0.25, -0.2) is 19.9 Å². The summed E-state index contributed by atoms with van der Waals surface area (Å²) >= 11 is 0. The Morgan fingerprint density at radius 2 is 1.15 bits per heavy atom. The predicted octanol–water partition coefficient (Wildman–Crippen LogP) is -0.141. The number of fused-ring (bicyclic) bond motifs is 2. The standard InChI is InChI=1S/2C14H14N6O3/c2*15-14-19-11-10(12(21)20-14)18-9(6-17-11)5-16-8-3-1-7(2-4-8)13(22)23/h2*1,3-4,6-7,16H,2,5H2,(H,22,23)(H3,15,17,19,20,21). The lowest BCUT2D eigenvalue weighted by Crippen LogP contribution is -2.19. The minimum atomic E-state index is -0.844. The normalized spacial score (nSPS) is 17.0. The third-order valence-corrected chi connectivity index (χ3v) is 6.75. The fraction of sp³-hybridized carbons (Fsp3) is 0.214. The van der Waals surface area contributed by atoms with Crippen LogP contribution in [-0.4, -0.2) is 62.0 Å². The number of nitrogen functional groups attached to an aromatic ring is 2. The summed E-state index contributed by atoms with van der Waals surface area (Å²) in [6.07, 6.45) is 14.2. The van der Waals surface area contributed by atoms with Crippen LogP contribution in [0.1, 0.15) is 24.2 Å². The van der Waals surface area contributed by atoms with Crippen molar-refractivity contribution in [1.82, 2.24) is 50.5 Å². The second-order valence-electron chi connectivity index (χ2n) is 10.1. The maximum absolute atomic E-state index is 11.8. The first-order chi connectivity index (χ1) is 22.0. The van der Waals surface area contributed by atoms with Crippen LogP contribution in [0.4, 0.5) is 11.9 Å². The summed E-state index contributed by atoms with van der Waals surface area (Å²) in [7, 11) is 0. The predicted molar refractivity (Wildman–Crippen MR) is 164 cm³/mol. The Balaban J connectivity index is 0.000000181.